The summed E-state index contributed by atoms with van der Waals surface area (Å²) in [5.74, 6) is 0. The number of hydrogen-bond donors (Lipinski definition) is 3. The lowest BCUT2D eigenvalue weighted by molar-refractivity contribution is -0.211. The third-order valence-electron chi connectivity index (χ3n) is 4.79. The van der Waals surface area contributed by atoms with E-state index >= 15 is 0 Å². The average molecular weight is 484 g/mol. The van der Waals surface area contributed by atoms with Crippen LogP contribution in [0, 0.1) is 0 Å². The number of sulfonamides is 1. The summed E-state index contributed by atoms with van der Waals surface area (Å²) < 4.78 is 34.2. The molecule has 1 atom stereocenters. The molecule has 3 rings (SSSR count). The summed E-state index contributed by atoms with van der Waals surface area (Å²) in [7, 11) is -3.77. The van der Waals surface area contributed by atoms with Crippen molar-refractivity contribution in [3.63, 3.8) is 0 Å². The Bertz CT molecular complexity index is 1030. The lowest BCUT2D eigenvalue weighted by Gasteiger charge is -2.37. The average Bonchev–Trinajstić information content (AvgIpc) is 3.15. The molecule has 0 bridgehead atoms. The number of piperazine rings is 1. The van der Waals surface area contributed by atoms with Gasteiger partial charge in [-0.15, -0.1) is 0 Å². The molecular formula is C21H33N5O4S2. The standard InChI is InChI=1S/C21H33N5O4S2/c1-14(2)30-20(27)26-10-8-25(9-11-26)19-23-13-17(31-19)16-7-6-15(22)12-18(16)32(28,29)24-21(3,4)5/h6-7,12-14,20,24,27H,8-11,22H2,1-5H3. The van der Waals surface area contributed by atoms with Gasteiger partial charge in [-0.25, -0.2) is 18.1 Å². The predicted molar refractivity (Wildman–Crippen MR) is 128 cm³/mol. The zero-order valence-electron chi connectivity index (χ0n) is 19.2. The van der Waals surface area contributed by atoms with Crippen molar-refractivity contribution in [2.24, 2.45) is 0 Å². The highest BCUT2D eigenvalue weighted by Gasteiger charge is 2.28. The van der Waals surface area contributed by atoms with Crippen LogP contribution in [-0.4, -0.2) is 67.6 Å². The Morgan fingerprint density at radius 3 is 2.47 bits per heavy atom. The highest BCUT2D eigenvalue weighted by molar-refractivity contribution is 7.89. The van der Waals surface area contributed by atoms with Gasteiger partial charge in [0, 0.05) is 49.2 Å². The number of hydrogen-bond acceptors (Lipinski definition) is 9. The Morgan fingerprint density at radius 1 is 1.22 bits per heavy atom. The van der Waals surface area contributed by atoms with Gasteiger partial charge in [-0.3, -0.25) is 4.90 Å². The van der Waals surface area contributed by atoms with E-state index in [0.717, 1.165) is 10.0 Å². The summed E-state index contributed by atoms with van der Waals surface area (Å²) in [6.07, 6.45) is 0.731. The lowest BCUT2D eigenvalue weighted by Crippen LogP contribution is -2.51. The van der Waals surface area contributed by atoms with Crippen molar-refractivity contribution in [2.45, 2.75) is 57.6 Å². The number of nitrogens with one attached hydrogen (secondary N) is 1. The first-order valence-electron chi connectivity index (χ1n) is 10.6. The Labute approximate surface area is 194 Å². The maximum Gasteiger partial charge on any atom is 0.241 e. The second-order valence-electron chi connectivity index (χ2n) is 9.15. The summed E-state index contributed by atoms with van der Waals surface area (Å²) in [6.45, 7) is 11.8. The molecule has 2 heterocycles. The van der Waals surface area contributed by atoms with E-state index in [2.05, 4.69) is 14.6 Å². The number of aromatic nitrogens is 1. The van der Waals surface area contributed by atoms with Crippen molar-refractivity contribution < 1.29 is 18.3 Å². The van der Waals surface area contributed by atoms with Gasteiger partial charge in [0.1, 0.15) is 0 Å². The topological polar surface area (TPSA) is 121 Å². The van der Waals surface area contributed by atoms with Gasteiger partial charge in [-0.05, 0) is 46.8 Å². The van der Waals surface area contributed by atoms with E-state index in [1.807, 2.05) is 18.7 Å². The Hall–Kier alpha value is -1.76. The van der Waals surface area contributed by atoms with Gasteiger partial charge < -0.3 is 20.5 Å². The molecule has 4 N–H and O–H groups in total. The number of anilines is 2. The molecule has 1 aliphatic rings. The van der Waals surface area contributed by atoms with Crippen LogP contribution in [-0.2, 0) is 14.8 Å². The number of thiazole rings is 1. The van der Waals surface area contributed by atoms with Crippen LogP contribution in [0.15, 0.2) is 29.3 Å². The van der Waals surface area contributed by atoms with Crippen LogP contribution in [0.25, 0.3) is 10.4 Å². The summed E-state index contributed by atoms with van der Waals surface area (Å²) in [6, 6.07) is 4.90. The summed E-state index contributed by atoms with van der Waals surface area (Å²) >= 11 is 1.44. The van der Waals surface area contributed by atoms with Gasteiger partial charge >= 0.3 is 0 Å². The second-order valence-corrected chi connectivity index (χ2v) is 11.8. The van der Waals surface area contributed by atoms with E-state index in [1.165, 1.54) is 17.4 Å². The summed E-state index contributed by atoms with van der Waals surface area (Å²) in [4.78, 5) is 9.44. The Morgan fingerprint density at radius 2 is 1.88 bits per heavy atom. The molecule has 1 fully saturated rings. The first-order valence-corrected chi connectivity index (χ1v) is 12.9. The number of benzene rings is 1. The van der Waals surface area contributed by atoms with Crippen molar-refractivity contribution in [3.8, 4) is 10.4 Å². The van der Waals surface area contributed by atoms with Gasteiger partial charge in [-0.1, -0.05) is 17.4 Å². The van der Waals surface area contributed by atoms with Crippen LogP contribution in [0.3, 0.4) is 0 Å². The monoisotopic (exact) mass is 483 g/mol. The maximum absolute atomic E-state index is 13.0. The number of rotatable bonds is 7. The van der Waals surface area contributed by atoms with Gasteiger partial charge in [0.2, 0.25) is 16.4 Å². The van der Waals surface area contributed by atoms with Crippen molar-refractivity contribution in [1.29, 1.82) is 0 Å². The Balaban J connectivity index is 1.80. The maximum atomic E-state index is 13.0. The molecule has 0 saturated carbocycles. The van der Waals surface area contributed by atoms with E-state index in [0.29, 0.717) is 37.4 Å². The van der Waals surface area contributed by atoms with Gasteiger partial charge in [-0.2, -0.15) is 0 Å². The minimum Gasteiger partial charge on any atom is -0.399 e. The van der Waals surface area contributed by atoms with Crippen molar-refractivity contribution in [2.75, 3.05) is 36.8 Å². The minimum absolute atomic E-state index is 0.0530. The molecule has 9 nitrogen and oxygen atoms in total. The molecule has 1 unspecified atom stereocenters. The fraction of sp³-hybridized carbons (Fsp3) is 0.571. The fourth-order valence-electron chi connectivity index (χ4n) is 3.42. The third-order valence-corrected chi connectivity index (χ3v) is 7.68. The van der Waals surface area contributed by atoms with E-state index in [1.54, 1.807) is 39.1 Å². The van der Waals surface area contributed by atoms with Crippen molar-refractivity contribution in [1.82, 2.24) is 14.6 Å². The van der Waals surface area contributed by atoms with Crippen molar-refractivity contribution >= 4 is 32.2 Å². The first-order chi connectivity index (χ1) is 14.9. The van der Waals surface area contributed by atoms with E-state index < -0.39 is 22.0 Å². The molecule has 0 aliphatic carbocycles. The Kier molecular flexibility index (Phi) is 7.48. The molecule has 0 amide bonds. The zero-order chi connectivity index (χ0) is 23.7. The predicted octanol–water partition coefficient (Wildman–Crippen LogP) is 2.29. The van der Waals surface area contributed by atoms with Crippen LogP contribution in [0.5, 0.6) is 0 Å². The van der Waals surface area contributed by atoms with Crippen LogP contribution >= 0.6 is 11.3 Å². The number of aliphatic hydroxyl groups is 1. The molecule has 1 aliphatic heterocycles. The van der Waals surface area contributed by atoms with Crippen LogP contribution in [0.4, 0.5) is 10.8 Å². The van der Waals surface area contributed by atoms with Crippen LogP contribution in [0.2, 0.25) is 0 Å². The molecular weight excluding hydrogens is 450 g/mol. The van der Waals surface area contributed by atoms with Gasteiger partial charge in [0.05, 0.1) is 15.9 Å². The second kappa shape index (κ2) is 9.62. The van der Waals surface area contributed by atoms with E-state index in [4.69, 9.17) is 10.5 Å². The highest BCUT2D eigenvalue weighted by atomic mass is 32.2. The fourth-order valence-corrected chi connectivity index (χ4v) is 6.17. The SMILES string of the molecule is CC(C)OC(O)N1CCN(c2ncc(-c3ccc(N)cc3S(=O)(=O)NC(C)(C)C)s2)CC1. The van der Waals surface area contributed by atoms with Gasteiger partial charge in [0.15, 0.2) is 5.13 Å². The first kappa shape index (κ1) is 24.9. The molecule has 178 valence electrons. The molecule has 11 heteroatoms. The number of aliphatic hydroxyl groups excluding tert-OH is 1. The molecule has 1 aromatic heterocycles. The van der Waals surface area contributed by atoms with Crippen LogP contribution < -0.4 is 15.4 Å². The molecule has 1 aromatic carbocycles. The van der Waals surface area contributed by atoms with Crippen molar-refractivity contribution in [3.05, 3.63) is 24.4 Å². The third kappa shape index (κ3) is 6.18. The molecule has 0 spiro atoms. The number of nitrogens with zero attached hydrogens (tertiary/aromatic N) is 3. The largest absolute Gasteiger partial charge is 0.399 e. The zero-order valence-corrected chi connectivity index (χ0v) is 20.8. The number of ether oxygens (including phenoxy) is 1. The lowest BCUT2D eigenvalue weighted by atomic mass is 10.1. The number of nitrogen functional groups attached to an aromatic ring is 1. The normalized spacial score (nSPS) is 17.2. The summed E-state index contributed by atoms with van der Waals surface area (Å²) in [5.41, 5.74) is 6.23. The van der Waals surface area contributed by atoms with Crippen LogP contribution in [0.1, 0.15) is 34.6 Å². The summed E-state index contributed by atoms with van der Waals surface area (Å²) in [5, 5.41) is 11.0. The molecule has 2 aromatic rings. The minimum atomic E-state index is -3.77. The van der Waals surface area contributed by atoms with E-state index in [-0.39, 0.29) is 11.0 Å². The molecule has 1 saturated heterocycles. The number of nitrogens with two attached hydrogens (primary N) is 1. The smallest absolute Gasteiger partial charge is 0.241 e. The van der Waals surface area contributed by atoms with Gasteiger partial charge in [0.25, 0.3) is 0 Å². The molecule has 32 heavy (non-hydrogen) atoms. The molecule has 0 radical (unpaired) electrons. The van der Waals surface area contributed by atoms with E-state index in [9.17, 15) is 13.5 Å². The highest BCUT2D eigenvalue weighted by Crippen LogP contribution is 2.36. The quantitative estimate of drug-likeness (QED) is 0.405.